The molecule has 0 aromatic carbocycles. The Hall–Kier alpha value is -0.980. The Morgan fingerprint density at radius 1 is 1.30 bits per heavy atom. The maximum absolute atomic E-state index is 5.74. The lowest BCUT2D eigenvalue weighted by molar-refractivity contribution is -0.0687. The molecule has 6 nitrogen and oxygen atoms in total. The Bertz CT molecular complexity index is 385. The minimum Gasteiger partial charge on any atom is -0.373 e. The molecule has 1 N–H and O–H groups in total. The van der Waals surface area contributed by atoms with Crippen molar-refractivity contribution in [2.75, 3.05) is 26.2 Å². The Morgan fingerprint density at radius 3 is 2.75 bits per heavy atom. The first-order valence-corrected chi connectivity index (χ1v) is 7.65. The van der Waals surface area contributed by atoms with Crippen molar-refractivity contribution < 1.29 is 4.74 Å². The third kappa shape index (κ3) is 4.85. The summed E-state index contributed by atoms with van der Waals surface area (Å²) < 4.78 is 7.68. The van der Waals surface area contributed by atoms with Gasteiger partial charge in [0.15, 0.2) is 0 Å². The molecule has 0 spiro atoms. The molecule has 2 rings (SSSR count). The van der Waals surface area contributed by atoms with Crippen molar-refractivity contribution in [1.29, 1.82) is 0 Å². The fraction of sp³-hybridized carbons (Fsp3) is 0.857. The minimum atomic E-state index is 0.323. The number of aromatic nitrogens is 3. The number of nitrogens with zero attached hydrogens (tertiary/aromatic N) is 4. The van der Waals surface area contributed by atoms with Gasteiger partial charge < -0.3 is 10.1 Å². The summed E-state index contributed by atoms with van der Waals surface area (Å²) in [6, 6.07) is 0. The Labute approximate surface area is 121 Å². The number of rotatable bonds is 7. The number of nitrogens with one attached hydrogen (secondary N) is 1. The zero-order valence-corrected chi connectivity index (χ0v) is 12.9. The molecule has 2 atom stereocenters. The second-order valence-electron chi connectivity index (χ2n) is 5.67. The molecule has 0 radical (unpaired) electrons. The van der Waals surface area contributed by atoms with Crippen LogP contribution < -0.4 is 5.32 Å². The molecule has 2 heterocycles. The van der Waals surface area contributed by atoms with Crippen LogP contribution in [0.1, 0.15) is 32.9 Å². The van der Waals surface area contributed by atoms with Crippen LogP contribution in [0.2, 0.25) is 0 Å². The number of hydrogen-bond donors (Lipinski definition) is 1. The summed E-state index contributed by atoms with van der Waals surface area (Å²) in [5.41, 5.74) is 1.02. The largest absolute Gasteiger partial charge is 0.373 e. The van der Waals surface area contributed by atoms with Gasteiger partial charge in [0.05, 0.1) is 24.4 Å². The van der Waals surface area contributed by atoms with Gasteiger partial charge in [0.25, 0.3) is 0 Å². The van der Waals surface area contributed by atoms with Crippen LogP contribution in [-0.2, 0) is 17.8 Å². The number of hydrogen-bond acceptors (Lipinski definition) is 5. The smallest absolute Gasteiger partial charge is 0.0964 e. The van der Waals surface area contributed by atoms with Crippen molar-refractivity contribution in [1.82, 2.24) is 25.2 Å². The van der Waals surface area contributed by atoms with E-state index in [1.807, 2.05) is 10.9 Å². The average molecular weight is 281 g/mol. The topological polar surface area (TPSA) is 55.2 Å². The Balaban J connectivity index is 1.73. The van der Waals surface area contributed by atoms with Gasteiger partial charge in [0.2, 0.25) is 0 Å². The van der Waals surface area contributed by atoms with E-state index >= 15 is 0 Å². The maximum Gasteiger partial charge on any atom is 0.0964 e. The standard InChI is InChI=1S/C14H27N5O/c1-4-5-15-8-14-11-19(17-16-14)7-6-18-9-12(2)20-13(3)10-18/h11-13,15H,4-10H2,1-3H3/t12-,13+. The van der Waals surface area contributed by atoms with Gasteiger partial charge in [-0.1, -0.05) is 12.1 Å². The van der Waals surface area contributed by atoms with Gasteiger partial charge in [-0.3, -0.25) is 9.58 Å². The van der Waals surface area contributed by atoms with Gasteiger partial charge >= 0.3 is 0 Å². The first-order valence-electron chi connectivity index (χ1n) is 7.65. The zero-order valence-electron chi connectivity index (χ0n) is 12.9. The summed E-state index contributed by atoms with van der Waals surface area (Å²) in [5, 5.41) is 11.7. The summed E-state index contributed by atoms with van der Waals surface area (Å²) in [6.45, 7) is 12.2. The van der Waals surface area contributed by atoms with E-state index in [1.165, 1.54) is 0 Å². The molecule has 0 saturated carbocycles. The normalized spacial score (nSPS) is 24.1. The highest BCUT2D eigenvalue weighted by atomic mass is 16.5. The molecule has 1 aromatic rings. The van der Waals surface area contributed by atoms with Gasteiger partial charge in [0, 0.05) is 32.4 Å². The van der Waals surface area contributed by atoms with E-state index in [4.69, 9.17) is 4.74 Å². The van der Waals surface area contributed by atoms with Gasteiger partial charge in [-0.15, -0.1) is 5.10 Å². The third-order valence-electron chi connectivity index (χ3n) is 3.46. The highest BCUT2D eigenvalue weighted by Crippen LogP contribution is 2.10. The molecule has 6 heteroatoms. The molecule has 1 fully saturated rings. The van der Waals surface area contributed by atoms with Crippen LogP contribution in [0.4, 0.5) is 0 Å². The Kier molecular flexibility index (Phi) is 5.94. The third-order valence-corrected chi connectivity index (χ3v) is 3.46. The molecule has 0 amide bonds. The van der Waals surface area contributed by atoms with Crippen LogP contribution in [0.25, 0.3) is 0 Å². The summed E-state index contributed by atoms with van der Waals surface area (Å²) in [5.74, 6) is 0. The summed E-state index contributed by atoms with van der Waals surface area (Å²) in [6.07, 6.45) is 3.82. The monoisotopic (exact) mass is 281 g/mol. The molecule has 0 unspecified atom stereocenters. The van der Waals surface area contributed by atoms with E-state index in [1.54, 1.807) is 0 Å². The predicted molar refractivity (Wildman–Crippen MR) is 78.5 cm³/mol. The summed E-state index contributed by atoms with van der Waals surface area (Å²) >= 11 is 0. The Morgan fingerprint density at radius 2 is 2.05 bits per heavy atom. The molecule has 1 saturated heterocycles. The van der Waals surface area contributed by atoms with Crippen molar-refractivity contribution >= 4 is 0 Å². The average Bonchev–Trinajstić information content (AvgIpc) is 2.84. The molecule has 1 aliphatic heterocycles. The van der Waals surface area contributed by atoms with Crippen LogP contribution in [-0.4, -0.2) is 58.3 Å². The lowest BCUT2D eigenvalue weighted by Crippen LogP contribution is -2.46. The molecule has 1 aliphatic rings. The molecule has 1 aromatic heterocycles. The van der Waals surface area contributed by atoms with Crippen molar-refractivity contribution in [2.45, 2.75) is 52.5 Å². The van der Waals surface area contributed by atoms with Crippen LogP contribution >= 0.6 is 0 Å². The van der Waals surface area contributed by atoms with Crippen LogP contribution in [0.15, 0.2) is 6.20 Å². The van der Waals surface area contributed by atoms with Gasteiger partial charge in [-0.2, -0.15) is 0 Å². The molecule has 114 valence electrons. The molecule has 20 heavy (non-hydrogen) atoms. The van der Waals surface area contributed by atoms with E-state index in [2.05, 4.69) is 41.3 Å². The van der Waals surface area contributed by atoms with E-state index in [9.17, 15) is 0 Å². The first kappa shape index (κ1) is 15.4. The van der Waals surface area contributed by atoms with E-state index < -0.39 is 0 Å². The number of ether oxygens (including phenoxy) is 1. The first-order chi connectivity index (χ1) is 9.67. The quantitative estimate of drug-likeness (QED) is 0.752. The second kappa shape index (κ2) is 7.71. The molecule has 0 bridgehead atoms. The SMILES string of the molecule is CCCNCc1cn(CCN2C[C@@H](C)O[C@@H](C)C2)nn1. The van der Waals surface area contributed by atoms with E-state index in [0.29, 0.717) is 12.2 Å². The van der Waals surface area contributed by atoms with Crippen LogP contribution in [0.3, 0.4) is 0 Å². The molecular formula is C14H27N5O. The molecular weight excluding hydrogens is 254 g/mol. The van der Waals surface area contributed by atoms with Crippen molar-refractivity contribution in [3.05, 3.63) is 11.9 Å². The van der Waals surface area contributed by atoms with Gasteiger partial charge in [0.1, 0.15) is 0 Å². The van der Waals surface area contributed by atoms with E-state index in [-0.39, 0.29) is 0 Å². The highest BCUT2D eigenvalue weighted by molar-refractivity contribution is 4.91. The van der Waals surface area contributed by atoms with Crippen molar-refractivity contribution in [3.63, 3.8) is 0 Å². The number of morpholine rings is 1. The lowest BCUT2D eigenvalue weighted by Gasteiger charge is -2.35. The lowest BCUT2D eigenvalue weighted by atomic mass is 10.2. The fourth-order valence-electron chi connectivity index (χ4n) is 2.63. The van der Waals surface area contributed by atoms with Crippen molar-refractivity contribution in [3.8, 4) is 0 Å². The second-order valence-corrected chi connectivity index (χ2v) is 5.67. The van der Waals surface area contributed by atoms with Gasteiger partial charge in [-0.05, 0) is 26.8 Å². The van der Waals surface area contributed by atoms with Crippen LogP contribution in [0, 0.1) is 0 Å². The minimum absolute atomic E-state index is 0.323. The van der Waals surface area contributed by atoms with E-state index in [0.717, 1.165) is 51.4 Å². The zero-order chi connectivity index (χ0) is 14.4. The highest BCUT2D eigenvalue weighted by Gasteiger charge is 2.21. The summed E-state index contributed by atoms with van der Waals surface area (Å²) in [7, 11) is 0. The van der Waals surface area contributed by atoms with Crippen molar-refractivity contribution in [2.24, 2.45) is 0 Å². The maximum atomic E-state index is 5.74. The molecule has 0 aliphatic carbocycles. The summed E-state index contributed by atoms with van der Waals surface area (Å²) in [4.78, 5) is 2.44. The fourth-order valence-corrected chi connectivity index (χ4v) is 2.63. The predicted octanol–water partition coefficient (Wildman–Crippen LogP) is 0.887. The van der Waals surface area contributed by atoms with Crippen LogP contribution in [0.5, 0.6) is 0 Å². The van der Waals surface area contributed by atoms with Gasteiger partial charge in [-0.25, -0.2) is 0 Å².